The molecule has 0 radical (unpaired) electrons. The summed E-state index contributed by atoms with van der Waals surface area (Å²) in [6.45, 7) is 3.87. The van der Waals surface area contributed by atoms with Gasteiger partial charge in [-0.2, -0.15) is 0 Å². The molecule has 0 saturated carbocycles. The lowest BCUT2D eigenvalue weighted by molar-refractivity contribution is 0.0927. The predicted molar refractivity (Wildman–Crippen MR) is 67.9 cm³/mol. The zero-order valence-electron chi connectivity index (χ0n) is 10.3. The molecule has 1 aromatic heterocycles. The van der Waals surface area contributed by atoms with Gasteiger partial charge in [0.1, 0.15) is 0 Å². The lowest BCUT2D eigenvalue weighted by atomic mass is 10.0. The number of hydrogen-bond donors (Lipinski definition) is 1. The van der Waals surface area contributed by atoms with Crippen LogP contribution in [-0.4, -0.2) is 21.4 Å². The molecule has 1 heterocycles. The number of fused-ring (bicyclic) bond motifs is 1. The van der Waals surface area contributed by atoms with Crippen molar-refractivity contribution < 1.29 is 4.79 Å². The summed E-state index contributed by atoms with van der Waals surface area (Å²) in [5.74, 6) is 0.452. The van der Waals surface area contributed by atoms with Crippen LogP contribution in [0.4, 0.5) is 0 Å². The number of imidazole rings is 1. The van der Waals surface area contributed by atoms with Crippen LogP contribution in [0, 0.1) is 5.92 Å². The van der Waals surface area contributed by atoms with Gasteiger partial charge in [0.2, 0.25) is 5.78 Å². The Kier molecular flexibility index (Phi) is 2.98. The van der Waals surface area contributed by atoms with Gasteiger partial charge in [0, 0.05) is 7.05 Å². The smallest absolute Gasteiger partial charge is 0.215 e. The molecule has 4 heteroatoms. The van der Waals surface area contributed by atoms with Crippen molar-refractivity contribution in [1.82, 2.24) is 9.55 Å². The van der Waals surface area contributed by atoms with E-state index in [2.05, 4.69) is 4.98 Å². The maximum atomic E-state index is 12.2. The predicted octanol–water partition coefficient (Wildman–Crippen LogP) is 1.74. The first-order chi connectivity index (χ1) is 8.02. The van der Waals surface area contributed by atoms with Crippen LogP contribution in [0.1, 0.15) is 24.5 Å². The van der Waals surface area contributed by atoms with Crippen LogP contribution in [0.25, 0.3) is 11.0 Å². The first-order valence-corrected chi connectivity index (χ1v) is 5.73. The molecule has 2 N–H and O–H groups in total. The van der Waals surface area contributed by atoms with Gasteiger partial charge >= 0.3 is 0 Å². The summed E-state index contributed by atoms with van der Waals surface area (Å²) < 4.78 is 1.81. The lowest BCUT2D eigenvalue weighted by Crippen LogP contribution is -2.36. The highest BCUT2D eigenvalue weighted by atomic mass is 16.1. The minimum Gasteiger partial charge on any atom is -0.325 e. The summed E-state index contributed by atoms with van der Waals surface area (Å²) in [7, 11) is 1.84. The molecule has 1 aromatic carbocycles. The second-order valence-corrected chi connectivity index (χ2v) is 4.62. The minimum atomic E-state index is -0.495. The maximum Gasteiger partial charge on any atom is 0.215 e. The summed E-state index contributed by atoms with van der Waals surface area (Å²) >= 11 is 0. The Bertz CT molecular complexity index is 557. The number of nitrogens with zero attached hydrogens (tertiary/aromatic N) is 2. The van der Waals surface area contributed by atoms with Gasteiger partial charge in [0.15, 0.2) is 5.82 Å². The van der Waals surface area contributed by atoms with Crippen molar-refractivity contribution in [2.24, 2.45) is 18.7 Å². The van der Waals surface area contributed by atoms with E-state index in [1.165, 1.54) is 0 Å². The molecule has 0 saturated heterocycles. The fourth-order valence-electron chi connectivity index (χ4n) is 1.82. The van der Waals surface area contributed by atoms with E-state index in [-0.39, 0.29) is 11.7 Å². The number of para-hydroxylation sites is 2. The fourth-order valence-corrected chi connectivity index (χ4v) is 1.82. The zero-order valence-corrected chi connectivity index (χ0v) is 10.3. The number of aryl methyl sites for hydroxylation is 1. The van der Waals surface area contributed by atoms with Crippen LogP contribution in [0.2, 0.25) is 0 Å². The third-order valence-electron chi connectivity index (χ3n) is 3.03. The SMILES string of the molecule is CC(C)[C@H](N)C(=O)c1nc2ccccc2n1C. The number of ketones is 1. The number of carbonyl (C=O) groups excluding carboxylic acids is 1. The van der Waals surface area contributed by atoms with Gasteiger partial charge in [0.05, 0.1) is 17.1 Å². The Balaban J connectivity index is 2.49. The highest BCUT2D eigenvalue weighted by molar-refractivity contribution is 5.99. The highest BCUT2D eigenvalue weighted by Crippen LogP contribution is 2.16. The first kappa shape index (κ1) is 11.8. The van der Waals surface area contributed by atoms with Crippen molar-refractivity contribution in [3.05, 3.63) is 30.1 Å². The van der Waals surface area contributed by atoms with E-state index in [9.17, 15) is 4.79 Å². The third kappa shape index (κ3) is 1.96. The standard InChI is InChI=1S/C13H17N3O/c1-8(2)11(14)12(17)13-15-9-6-4-5-7-10(9)16(13)3/h4-8,11H,14H2,1-3H3/t11-/m0/s1. The van der Waals surface area contributed by atoms with Gasteiger partial charge in [-0.25, -0.2) is 4.98 Å². The normalized spacial score (nSPS) is 13.2. The summed E-state index contributed by atoms with van der Waals surface area (Å²) in [6.07, 6.45) is 0. The van der Waals surface area contributed by atoms with E-state index < -0.39 is 6.04 Å². The Morgan fingerprint density at radius 2 is 2.00 bits per heavy atom. The Labute approximate surface area is 100 Å². The van der Waals surface area contributed by atoms with Gasteiger partial charge in [-0.3, -0.25) is 4.79 Å². The van der Waals surface area contributed by atoms with Crippen LogP contribution in [-0.2, 0) is 7.05 Å². The first-order valence-electron chi connectivity index (χ1n) is 5.73. The van der Waals surface area contributed by atoms with E-state index in [1.807, 2.05) is 45.2 Å². The van der Waals surface area contributed by atoms with E-state index in [4.69, 9.17) is 5.73 Å². The molecule has 17 heavy (non-hydrogen) atoms. The number of Topliss-reactive ketones (excluding diaryl/α,β-unsaturated/α-hetero) is 1. The van der Waals surface area contributed by atoms with Gasteiger partial charge in [-0.05, 0) is 18.1 Å². The van der Waals surface area contributed by atoms with Gasteiger partial charge in [-0.1, -0.05) is 26.0 Å². The average molecular weight is 231 g/mol. The molecule has 0 fully saturated rings. The highest BCUT2D eigenvalue weighted by Gasteiger charge is 2.23. The topological polar surface area (TPSA) is 60.9 Å². The number of rotatable bonds is 3. The fraction of sp³-hybridized carbons (Fsp3) is 0.385. The molecule has 4 nitrogen and oxygen atoms in total. The molecule has 0 aliphatic rings. The molecule has 0 bridgehead atoms. The quantitative estimate of drug-likeness (QED) is 0.818. The summed E-state index contributed by atoms with van der Waals surface area (Å²) in [5, 5.41) is 0. The molecular weight excluding hydrogens is 214 g/mol. The van der Waals surface area contributed by atoms with Crippen LogP contribution >= 0.6 is 0 Å². The molecule has 0 spiro atoms. The van der Waals surface area contributed by atoms with Crippen LogP contribution < -0.4 is 5.73 Å². The zero-order chi connectivity index (χ0) is 12.6. The maximum absolute atomic E-state index is 12.2. The number of nitrogens with two attached hydrogens (primary N) is 1. The summed E-state index contributed by atoms with van der Waals surface area (Å²) in [6, 6.07) is 7.19. The molecule has 0 aliphatic carbocycles. The van der Waals surface area contributed by atoms with Gasteiger partial charge in [0.25, 0.3) is 0 Å². The number of hydrogen-bond acceptors (Lipinski definition) is 3. The van der Waals surface area contributed by atoms with Crippen LogP contribution in [0.5, 0.6) is 0 Å². The minimum absolute atomic E-state index is 0.0984. The van der Waals surface area contributed by atoms with Crippen molar-refractivity contribution >= 4 is 16.8 Å². The van der Waals surface area contributed by atoms with Crippen molar-refractivity contribution in [3.8, 4) is 0 Å². The van der Waals surface area contributed by atoms with Crippen molar-refractivity contribution in [1.29, 1.82) is 0 Å². The molecule has 0 unspecified atom stereocenters. The average Bonchev–Trinajstić information content (AvgIpc) is 2.65. The number of benzene rings is 1. The molecule has 90 valence electrons. The number of aromatic nitrogens is 2. The largest absolute Gasteiger partial charge is 0.325 e. The van der Waals surface area contributed by atoms with E-state index in [0.29, 0.717) is 5.82 Å². The van der Waals surface area contributed by atoms with Crippen molar-refractivity contribution in [2.45, 2.75) is 19.9 Å². The Morgan fingerprint density at radius 1 is 1.35 bits per heavy atom. The van der Waals surface area contributed by atoms with E-state index >= 15 is 0 Å². The van der Waals surface area contributed by atoms with Gasteiger partial charge < -0.3 is 10.3 Å². The van der Waals surface area contributed by atoms with Crippen LogP contribution in [0.3, 0.4) is 0 Å². The second-order valence-electron chi connectivity index (χ2n) is 4.62. The molecule has 0 amide bonds. The molecule has 2 rings (SSSR count). The molecule has 1 atom stereocenters. The monoisotopic (exact) mass is 231 g/mol. The van der Waals surface area contributed by atoms with Crippen molar-refractivity contribution in [3.63, 3.8) is 0 Å². The lowest BCUT2D eigenvalue weighted by Gasteiger charge is -2.13. The Hall–Kier alpha value is -1.68. The van der Waals surface area contributed by atoms with Crippen molar-refractivity contribution in [2.75, 3.05) is 0 Å². The second kappa shape index (κ2) is 4.30. The summed E-state index contributed by atoms with van der Waals surface area (Å²) in [4.78, 5) is 16.5. The van der Waals surface area contributed by atoms with E-state index in [0.717, 1.165) is 11.0 Å². The van der Waals surface area contributed by atoms with Crippen LogP contribution in [0.15, 0.2) is 24.3 Å². The summed E-state index contributed by atoms with van der Waals surface area (Å²) in [5.41, 5.74) is 7.66. The Morgan fingerprint density at radius 3 is 2.59 bits per heavy atom. The van der Waals surface area contributed by atoms with Gasteiger partial charge in [-0.15, -0.1) is 0 Å². The van der Waals surface area contributed by atoms with E-state index in [1.54, 1.807) is 4.57 Å². The number of carbonyl (C=O) groups is 1. The third-order valence-corrected chi connectivity index (χ3v) is 3.03. The molecular formula is C13H17N3O. The molecule has 0 aliphatic heterocycles. The molecule has 2 aromatic rings.